The number of hydrogen-bond acceptors (Lipinski definition) is 8. The Morgan fingerprint density at radius 1 is 0.976 bits per heavy atom. The van der Waals surface area contributed by atoms with Gasteiger partial charge in [0.25, 0.3) is 0 Å². The first-order valence-electron chi connectivity index (χ1n) is 13.4. The molecule has 0 aliphatic rings. The van der Waals surface area contributed by atoms with Crippen LogP contribution in [0.5, 0.6) is 0 Å². The third-order valence-corrected chi connectivity index (χ3v) is 6.99. The van der Waals surface area contributed by atoms with Crippen LogP contribution in [0.15, 0.2) is 61.2 Å². The van der Waals surface area contributed by atoms with Crippen LogP contribution in [0.1, 0.15) is 25.5 Å². The van der Waals surface area contributed by atoms with E-state index in [0.29, 0.717) is 34.8 Å². The highest BCUT2D eigenvalue weighted by Crippen LogP contribution is 2.33. The Kier molecular flexibility index (Phi) is 6.90. The fourth-order valence-corrected chi connectivity index (χ4v) is 5.09. The minimum atomic E-state index is -0.354. The third kappa shape index (κ3) is 5.12. The van der Waals surface area contributed by atoms with Crippen molar-refractivity contribution in [3.8, 4) is 34.0 Å². The van der Waals surface area contributed by atoms with Gasteiger partial charge in [-0.3, -0.25) is 20.1 Å². The third-order valence-electron chi connectivity index (χ3n) is 6.99. The van der Waals surface area contributed by atoms with Crippen LogP contribution >= 0.6 is 0 Å². The molecular formula is C30H31FN10. The fraction of sp³-hybridized carbons (Fsp3) is 0.233. The van der Waals surface area contributed by atoms with Crippen LogP contribution in [0.4, 0.5) is 10.1 Å². The molecule has 1 aromatic carbocycles. The standard InChI is InChI=1S/C30H31FN10/c1-16(2)36-21-10-19(13-33-14-21)24-11-22-25(15-35-24)39-40-28(22)30-37-23-5-6-34-27(29(23)38-30)18-7-17(8-20(31)9-18)26(12-32)41(3)4/h5-11,13-16,26,36H,12,32H2,1-4H3,(H,37,38)(H,39,40). The largest absolute Gasteiger partial charge is 0.382 e. The molecule has 1 atom stereocenters. The number of rotatable bonds is 8. The minimum absolute atomic E-state index is 0.131. The van der Waals surface area contributed by atoms with Crippen molar-refractivity contribution < 1.29 is 4.39 Å². The molecule has 0 aliphatic carbocycles. The lowest BCUT2D eigenvalue weighted by atomic mass is 10.0. The number of anilines is 1. The molecule has 10 nitrogen and oxygen atoms in total. The summed E-state index contributed by atoms with van der Waals surface area (Å²) in [7, 11) is 3.85. The molecule has 6 rings (SSSR count). The van der Waals surface area contributed by atoms with Crippen molar-refractivity contribution in [2.45, 2.75) is 25.9 Å². The second-order valence-electron chi connectivity index (χ2n) is 10.6. The Hall–Kier alpha value is -4.74. The monoisotopic (exact) mass is 550 g/mol. The summed E-state index contributed by atoms with van der Waals surface area (Å²) in [6, 6.07) is 10.9. The van der Waals surface area contributed by atoms with Gasteiger partial charge in [0.2, 0.25) is 0 Å². The van der Waals surface area contributed by atoms with E-state index in [4.69, 9.17) is 10.7 Å². The van der Waals surface area contributed by atoms with Gasteiger partial charge in [0.15, 0.2) is 5.82 Å². The number of likely N-dealkylation sites (N-methyl/N-ethyl adjacent to an activating group) is 1. The van der Waals surface area contributed by atoms with E-state index in [2.05, 4.69) is 49.3 Å². The molecule has 5 aromatic heterocycles. The Balaban J connectivity index is 1.43. The van der Waals surface area contributed by atoms with E-state index >= 15 is 0 Å². The Labute approximate surface area is 236 Å². The topological polar surface area (TPSA) is 137 Å². The summed E-state index contributed by atoms with van der Waals surface area (Å²) in [5.41, 5.74) is 13.4. The number of halogens is 1. The van der Waals surface area contributed by atoms with Crippen molar-refractivity contribution in [2.24, 2.45) is 5.73 Å². The molecule has 1 unspecified atom stereocenters. The van der Waals surface area contributed by atoms with E-state index in [0.717, 1.165) is 38.9 Å². The molecule has 208 valence electrons. The van der Waals surface area contributed by atoms with Crippen LogP contribution in [-0.2, 0) is 0 Å². The normalized spacial score (nSPS) is 12.6. The van der Waals surface area contributed by atoms with Gasteiger partial charge in [0.05, 0.1) is 34.3 Å². The molecular weight excluding hydrogens is 519 g/mol. The van der Waals surface area contributed by atoms with Crippen LogP contribution in [0.25, 0.3) is 56.0 Å². The highest BCUT2D eigenvalue weighted by molar-refractivity contribution is 5.97. The molecule has 0 fully saturated rings. The maximum Gasteiger partial charge on any atom is 0.159 e. The number of H-pyrrole nitrogens is 2. The molecule has 0 aliphatic heterocycles. The lowest BCUT2D eigenvalue weighted by molar-refractivity contribution is 0.305. The van der Waals surface area contributed by atoms with Crippen molar-refractivity contribution in [3.05, 3.63) is 72.6 Å². The predicted molar refractivity (Wildman–Crippen MR) is 160 cm³/mol. The Bertz CT molecular complexity index is 1860. The highest BCUT2D eigenvalue weighted by Gasteiger charge is 2.19. The summed E-state index contributed by atoms with van der Waals surface area (Å²) in [5.74, 6) is 0.212. The van der Waals surface area contributed by atoms with Gasteiger partial charge >= 0.3 is 0 Å². The lowest BCUT2D eigenvalue weighted by Crippen LogP contribution is -2.27. The average molecular weight is 551 g/mol. The van der Waals surface area contributed by atoms with E-state index in [1.807, 2.05) is 43.3 Å². The predicted octanol–water partition coefficient (Wildman–Crippen LogP) is 5.15. The number of aromatic amines is 2. The molecule has 0 saturated carbocycles. The number of pyridine rings is 3. The molecule has 6 aromatic rings. The fourth-order valence-electron chi connectivity index (χ4n) is 5.09. The lowest BCUT2D eigenvalue weighted by Gasteiger charge is -2.23. The number of nitrogens with two attached hydrogens (primary N) is 1. The SMILES string of the molecule is CC(C)Nc1cncc(-c2cc3c(-c4nc5c(-c6cc(F)cc(C(CN)N(C)C)c6)nccc5[nH]4)n[nH]c3cn2)c1. The summed E-state index contributed by atoms with van der Waals surface area (Å²) in [5, 5.41) is 11.8. The zero-order chi connectivity index (χ0) is 28.7. The number of nitrogens with zero attached hydrogens (tertiary/aromatic N) is 6. The molecule has 5 heterocycles. The van der Waals surface area contributed by atoms with Crippen molar-refractivity contribution in [1.82, 2.24) is 40.0 Å². The molecule has 0 saturated heterocycles. The number of imidazole rings is 1. The number of aromatic nitrogens is 7. The van der Waals surface area contributed by atoms with E-state index < -0.39 is 0 Å². The zero-order valence-electron chi connectivity index (χ0n) is 23.3. The minimum Gasteiger partial charge on any atom is -0.382 e. The van der Waals surface area contributed by atoms with Gasteiger partial charge in [-0.25, -0.2) is 9.37 Å². The number of nitrogens with one attached hydrogen (secondary N) is 3. The second-order valence-corrected chi connectivity index (χ2v) is 10.6. The van der Waals surface area contributed by atoms with Gasteiger partial charge in [0, 0.05) is 53.7 Å². The van der Waals surface area contributed by atoms with E-state index in [1.54, 1.807) is 24.8 Å². The van der Waals surface area contributed by atoms with Gasteiger partial charge in [-0.2, -0.15) is 5.10 Å². The van der Waals surface area contributed by atoms with Crippen LogP contribution in [0.3, 0.4) is 0 Å². The molecule has 11 heteroatoms. The molecule has 5 N–H and O–H groups in total. The highest BCUT2D eigenvalue weighted by atomic mass is 19.1. The van der Waals surface area contributed by atoms with Gasteiger partial charge in [0.1, 0.15) is 17.0 Å². The zero-order valence-corrected chi connectivity index (χ0v) is 23.3. The smallest absolute Gasteiger partial charge is 0.159 e. The van der Waals surface area contributed by atoms with Crippen LogP contribution in [0, 0.1) is 5.82 Å². The average Bonchev–Trinajstić information content (AvgIpc) is 3.56. The van der Waals surface area contributed by atoms with Crippen molar-refractivity contribution in [2.75, 3.05) is 26.0 Å². The van der Waals surface area contributed by atoms with Crippen LogP contribution in [0.2, 0.25) is 0 Å². The summed E-state index contributed by atoms with van der Waals surface area (Å²) in [6.07, 6.45) is 7.03. The summed E-state index contributed by atoms with van der Waals surface area (Å²) in [4.78, 5) is 23.8. The van der Waals surface area contributed by atoms with Gasteiger partial charge in [-0.05, 0) is 69.9 Å². The van der Waals surface area contributed by atoms with Gasteiger partial charge in [-0.1, -0.05) is 0 Å². The van der Waals surface area contributed by atoms with Gasteiger partial charge < -0.3 is 20.9 Å². The first-order valence-corrected chi connectivity index (χ1v) is 13.4. The molecule has 0 radical (unpaired) electrons. The number of fused-ring (bicyclic) bond motifs is 2. The molecule has 0 spiro atoms. The quantitative estimate of drug-likeness (QED) is 0.204. The first kappa shape index (κ1) is 26.5. The summed E-state index contributed by atoms with van der Waals surface area (Å²) >= 11 is 0. The Morgan fingerprint density at radius 3 is 2.61 bits per heavy atom. The summed E-state index contributed by atoms with van der Waals surface area (Å²) < 4.78 is 14.8. The summed E-state index contributed by atoms with van der Waals surface area (Å²) in [6.45, 7) is 4.52. The van der Waals surface area contributed by atoms with Crippen molar-refractivity contribution in [3.63, 3.8) is 0 Å². The van der Waals surface area contributed by atoms with E-state index in [9.17, 15) is 4.39 Å². The van der Waals surface area contributed by atoms with E-state index in [1.165, 1.54) is 12.1 Å². The maximum absolute atomic E-state index is 14.8. The van der Waals surface area contributed by atoms with Crippen molar-refractivity contribution >= 4 is 27.6 Å². The van der Waals surface area contributed by atoms with Crippen LogP contribution in [-0.4, -0.2) is 66.7 Å². The second kappa shape index (κ2) is 10.7. The molecule has 41 heavy (non-hydrogen) atoms. The Morgan fingerprint density at radius 2 is 1.83 bits per heavy atom. The molecule has 0 bridgehead atoms. The van der Waals surface area contributed by atoms with E-state index in [-0.39, 0.29) is 17.9 Å². The van der Waals surface area contributed by atoms with Crippen molar-refractivity contribution in [1.29, 1.82) is 0 Å². The maximum atomic E-state index is 14.8. The first-order chi connectivity index (χ1) is 19.8. The number of benzene rings is 1. The van der Waals surface area contributed by atoms with Gasteiger partial charge in [-0.15, -0.1) is 0 Å². The number of hydrogen-bond donors (Lipinski definition) is 4. The van der Waals surface area contributed by atoms with Crippen LogP contribution < -0.4 is 11.1 Å². The molecule has 0 amide bonds.